The van der Waals surface area contributed by atoms with Gasteiger partial charge in [0.05, 0.1) is 0 Å². The number of hydrogen-bond acceptors (Lipinski definition) is 4. The summed E-state index contributed by atoms with van der Waals surface area (Å²) < 4.78 is 27.1. The number of nitrogens with zero attached hydrogens (tertiary/aromatic N) is 1. The fraction of sp³-hybridized carbons (Fsp3) is 0.667. The van der Waals surface area contributed by atoms with Crippen LogP contribution in [0.15, 0.2) is 16.3 Å². The van der Waals surface area contributed by atoms with E-state index in [1.165, 1.54) is 22.6 Å². The van der Waals surface area contributed by atoms with Crippen LogP contribution in [-0.2, 0) is 21.2 Å². The van der Waals surface area contributed by atoms with E-state index in [0.717, 1.165) is 11.3 Å². The molecular weight excluding hydrogens is 320 g/mol. The summed E-state index contributed by atoms with van der Waals surface area (Å²) in [5, 5.41) is 2.71. The van der Waals surface area contributed by atoms with E-state index in [9.17, 15) is 13.2 Å². The number of nitrogens with one attached hydrogen (secondary N) is 1. The Bertz CT molecular complexity index is 594. The predicted molar refractivity (Wildman–Crippen MR) is 90.6 cm³/mol. The molecule has 0 aliphatic rings. The molecule has 0 fully saturated rings. The third-order valence-electron chi connectivity index (χ3n) is 3.45. The van der Waals surface area contributed by atoms with Crippen LogP contribution >= 0.6 is 11.3 Å². The van der Waals surface area contributed by atoms with Crippen molar-refractivity contribution >= 4 is 27.3 Å². The molecule has 1 atom stereocenters. The van der Waals surface area contributed by atoms with Crippen molar-refractivity contribution in [2.75, 3.05) is 13.6 Å². The molecule has 126 valence electrons. The maximum atomic E-state index is 12.6. The van der Waals surface area contributed by atoms with Crippen molar-refractivity contribution in [1.82, 2.24) is 9.62 Å². The summed E-state index contributed by atoms with van der Waals surface area (Å²) in [4.78, 5) is 11.8. The normalized spacial score (nSPS) is 13.6. The van der Waals surface area contributed by atoms with Crippen LogP contribution in [0.2, 0.25) is 0 Å². The van der Waals surface area contributed by atoms with Crippen molar-refractivity contribution in [3.63, 3.8) is 0 Å². The Kier molecular flexibility index (Phi) is 7.02. The van der Waals surface area contributed by atoms with Gasteiger partial charge in [0.2, 0.25) is 5.91 Å². The number of carbonyl (C=O) groups is 1. The van der Waals surface area contributed by atoms with Gasteiger partial charge in [0.15, 0.2) is 0 Å². The molecule has 0 saturated heterocycles. The highest BCUT2D eigenvalue weighted by molar-refractivity contribution is 7.91. The van der Waals surface area contributed by atoms with Gasteiger partial charge < -0.3 is 5.32 Å². The van der Waals surface area contributed by atoms with Crippen molar-refractivity contribution in [3.8, 4) is 0 Å². The first-order chi connectivity index (χ1) is 10.1. The molecule has 7 heteroatoms. The molecule has 0 spiro atoms. The Morgan fingerprint density at radius 3 is 2.50 bits per heavy atom. The molecule has 0 aromatic carbocycles. The summed E-state index contributed by atoms with van der Waals surface area (Å²) in [5.74, 6) is 0.371. The second-order valence-electron chi connectivity index (χ2n) is 5.95. The first kappa shape index (κ1) is 19.1. The number of hydrogen-bond donors (Lipinski definition) is 1. The largest absolute Gasteiger partial charge is 0.356 e. The maximum Gasteiger partial charge on any atom is 0.252 e. The molecule has 1 aromatic heterocycles. The molecule has 0 bridgehead atoms. The second-order valence-corrected chi connectivity index (χ2v) is 9.35. The lowest BCUT2D eigenvalue weighted by molar-refractivity contribution is -0.118. The van der Waals surface area contributed by atoms with Crippen molar-refractivity contribution in [1.29, 1.82) is 0 Å². The quantitative estimate of drug-likeness (QED) is 0.786. The van der Waals surface area contributed by atoms with E-state index in [0.29, 0.717) is 23.1 Å². The summed E-state index contributed by atoms with van der Waals surface area (Å²) >= 11 is 1.28. The summed E-state index contributed by atoms with van der Waals surface area (Å²) in [5.41, 5.74) is 0. The Hall–Kier alpha value is -0.920. The number of thiophene rings is 1. The Balaban J connectivity index is 2.77. The summed E-state index contributed by atoms with van der Waals surface area (Å²) in [6, 6.07) is 3.44. The topological polar surface area (TPSA) is 66.5 Å². The van der Waals surface area contributed by atoms with E-state index in [2.05, 4.69) is 19.2 Å². The Labute approximate surface area is 137 Å². The van der Waals surface area contributed by atoms with E-state index in [1.807, 2.05) is 13.0 Å². The summed E-state index contributed by atoms with van der Waals surface area (Å²) in [7, 11) is -1.80. The van der Waals surface area contributed by atoms with Gasteiger partial charge in [-0.3, -0.25) is 4.79 Å². The first-order valence-electron chi connectivity index (χ1n) is 7.45. The highest BCUT2D eigenvalue weighted by atomic mass is 32.2. The summed E-state index contributed by atoms with van der Waals surface area (Å²) in [6.07, 6.45) is 1.47. The fourth-order valence-corrected chi connectivity index (χ4v) is 5.12. The molecule has 1 heterocycles. The molecule has 0 unspecified atom stereocenters. The van der Waals surface area contributed by atoms with Crippen LogP contribution in [0.4, 0.5) is 0 Å². The van der Waals surface area contributed by atoms with Gasteiger partial charge in [-0.1, -0.05) is 13.8 Å². The molecule has 0 aliphatic heterocycles. The lowest BCUT2D eigenvalue weighted by Crippen LogP contribution is -2.35. The molecule has 1 amide bonds. The zero-order chi connectivity index (χ0) is 16.9. The number of carbonyl (C=O) groups excluding carboxylic acids is 1. The zero-order valence-electron chi connectivity index (χ0n) is 13.9. The van der Waals surface area contributed by atoms with Crippen LogP contribution in [0.1, 0.15) is 39.0 Å². The number of amides is 1. The van der Waals surface area contributed by atoms with Crippen molar-refractivity contribution in [3.05, 3.63) is 17.0 Å². The van der Waals surface area contributed by atoms with Gasteiger partial charge in [0.25, 0.3) is 10.0 Å². The van der Waals surface area contributed by atoms with Gasteiger partial charge in [0, 0.05) is 31.4 Å². The molecule has 1 N–H and O–H groups in total. The molecular formula is C15H26N2O3S2. The number of rotatable bonds is 8. The molecule has 0 saturated carbocycles. The van der Waals surface area contributed by atoms with Crippen molar-refractivity contribution < 1.29 is 13.2 Å². The van der Waals surface area contributed by atoms with E-state index < -0.39 is 10.0 Å². The molecule has 0 radical (unpaired) electrons. The van der Waals surface area contributed by atoms with Crippen LogP contribution < -0.4 is 5.32 Å². The zero-order valence-corrected chi connectivity index (χ0v) is 15.6. The highest BCUT2D eigenvalue weighted by Gasteiger charge is 2.27. The minimum atomic E-state index is -3.44. The van der Waals surface area contributed by atoms with Gasteiger partial charge in [-0.25, -0.2) is 8.42 Å². The van der Waals surface area contributed by atoms with E-state index in [-0.39, 0.29) is 11.9 Å². The first-order valence-corrected chi connectivity index (χ1v) is 9.71. The monoisotopic (exact) mass is 346 g/mol. The minimum absolute atomic E-state index is 0.0325. The van der Waals surface area contributed by atoms with Crippen molar-refractivity contribution in [2.45, 2.75) is 50.8 Å². The van der Waals surface area contributed by atoms with Gasteiger partial charge in [-0.2, -0.15) is 4.31 Å². The van der Waals surface area contributed by atoms with Gasteiger partial charge >= 0.3 is 0 Å². The van der Waals surface area contributed by atoms with Crippen LogP contribution in [0, 0.1) is 5.92 Å². The predicted octanol–water partition coefficient (Wildman–Crippen LogP) is 2.48. The molecule has 1 rings (SSSR count). The SMILES string of the molecule is CC(=O)NCCc1ccc(S(=O)(=O)N(C)[C@@H](C)CC(C)C)s1. The third-order valence-corrected chi connectivity index (χ3v) is 7.03. The van der Waals surface area contributed by atoms with Gasteiger partial charge in [-0.05, 0) is 37.8 Å². The lowest BCUT2D eigenvalue weighted by Gasteiger charge is -2.24. The van der Waals surface area contributed by atoms with Crippen LogP contribution in [-0.4, -0.2) is 38.3 Å². The average molecular weight is 347 g/mol. The summed E-state index contributed by atoms with van der Waals surface area (Å²) in [6.45, 7) is 8.09. The molecule has 0 aliphatic carbocycles. The average Bonchev–Trinajstić information content (AvgIpc) is 2.86. The third kappa shape index (κ3) is 5.37. The second kappa shape index (κ2) is 8.08. The van der Waals surface area contributed by atoms with Gasteiger partial charge in [0.1, 0.15) is 4.21 Å². The Morgan fingerprint density at radius 1 is 1.32 bits per heavy atom. The molecule has 1 aromatic rings. The minimum Gasteiger partial charge on any atom is -0.356 e. The number of sulfonamides is 1. The Morgan fingerprint density at radius 2 is 1.95 bits per heavy atom. The van der Waals surface area contributed by atoms with Crippen LogP contribution in [0.25, 0.3) is 0 Å². The molecule has 22 heavy (non-hydrogen) atoms. The lowest BCUT2D eigenvalue weighted by atomic mass is 10.1. The van der Waals surface area contributed by atoms with Crippen molar-refractivity contribution in [2.24, 2.45) is 5.92 Å². The maximum absolute atomic E-state index is 12.6. The highest BCUT2D eigenvalue weighted by Crippen LogP contribution is 2.26. The van der Waals surface area contributed by atoms with Crippen LogP contribution in [0.5, 0.6) is 0 Å². The van der Waals surface area contributed by atoms with E-state index >= 15 is 0 Å². The van der Waals surface area contributed by atoms with Crippen LogP contribution in [0.3, 0.4) is 0 Å². The molecule has 5 nitrogen and oxygen atoms in total. The standard InChI is InChI=1S/C15H26N2O3S2/c1-11(2)10-12(3)17(5)22(19,20)15-7-6-14(21-15)8-9-16-13(4)18/h6-7,11-12H,8-10H2,1-5H3,(H,16,18)/t12-/m0/s1. The smallest absolute Gasteiger partial charge is 0.252 e. The van der Waals surface area contributed by atoms with Gasteiger partial charge in [-0.15, -0.1) is 11.3 Å². The van der Waals surface area contributed by atoms with E-state index in [4.69, 9.17) is 0 Å². The fourth-order valence-electron chi connectivity index (χ4n) is 2.20. The van der Waals surface area contributed by atoms with E-state index in [1.54, 1.807) is 13.1 Å².